The summed E-state index contributed by atoms with van der Waals surface area (Å²) in [5, 5.41) is 3.24. The Bertz CT molecular complexity index is 400. The molecule has 1 aromatic heterocycles. The van der Waals surface area contributed by atoms with Gasteiger partial charge in [0.25, 0.3) is 0 Å². The van der Waals surface area contributed by atoms with Crippen LogP contribution in [0, 0.1) is 0 Å². The second-order valence-electron chi connectivity index (χ2n) is 3.67. The van der Waals surface area contributed by atoms with Crippen molar-refractivity contribution in [1.29, 1.82) is 0 Å². The average Bonchev–Trinajstić information content (AvgIpc) is 2.31. The first-order chi connectivity index (χ1) is 8.63. The van der Waals surface area contributed by atoms with E-state index in [1.54, 1.807) is 6.20 Å². The third-order valence-electron chi connectivity index (χ3n) is 2.22. The van der Waals surface area contributed by atoms with Crippen LogP contribution in [0.2, 0.25) is 0 Å². The minimum Gasteiger partial charge on any atom is -0.466 e. The van der Waals surface area contributed by atoms with Gasteiger partial charge in [0.2, 0.25) is 0 Å². The van der Waals surface area contributed by atoms with Crippen LogP contribution in [-0.2, 0) is 16.1 Å². The summed E-state index contributed by atoms with van der Waals surface area (Å²) in [4.78, 5) is 15.4. The van der Waals surface area contributed by atoms with Crippen molar-refractivity contribution in [1.82, 2.24) is 10.3 Å². The van der Waals surface area contributed by atoms with Crippen LogP contribution in [0.25, 0.3) is 0 Å². The van der Waals surface area contributed by atoms with Crippen LogP contribution in [0.15, 0.2) is 21.2 Å². The van der Waals surface area contributed by atoms with Gasteiger partial charge in [0, 0.05) is 28.1 Å². The van der Waals surface area contributed by atoms with Crippen LogP contribution in [0.5, 0.6) is 0 Å². The monoisotopic (exact) mass is 378 g/mol. The smallest absolute Gasteiger partial charge is 0.305 e. The minimum atomic E-state index is -0.137. The molecule has 0 aliphatic carbocycles. The zero-order chi connectivity index (χ0) is 13.4. The number of aromatic nitrogens is 1. The molecule has 0 aliphatic rings. The number of ether oxygens (including phenoxy) is 1. The number of nitrogens with zero attached hydrogens (tertiary/aromatic N) is 1. The Labute approximate surface area is 124 Å². The van der Waals surface area contributed by atoms with Gasteiger partial charge in [0.05, 0.1) is 12.3 Å². The largest absolute Gasteiger partial charge is 0.466 e. The highest BCUT2D eigenvalue weighted by atomic mass is 79.9. The van der Waals surface area contributed by atoms with Crippen molar-refractivity contribution >= 4 is 37.8 Å². The van der Waals surface area contributed by atoms with Crippen LogP contribution >= 0.6 is 31.9 Å². The zero-order valence-electron chi connectivity index (χ0n) is 10.2. The third-order valence-corrected chi connectivity index (χ3v) is 3.34. The quantitative estimate of drug-likeness (QED) is 0.584. The molecule has 0 bridgehead atoms. The van der Waals surface area contributed by atoms with Crippen molar-refractivity contribution in [3.63, 3.8) is 0 Å². The summed E-state index contributed by atoms with van der Waals surface area (Å²) in [5.41, 5.74) is 0.953. The van der Waals surface area contributed by atoms with E-state index in [1.807, 2.05) is 13.0 Å². The Hall–Kier alpha value is -0.460. The van der Waals surface area contributed by atoms with Crippen LogP contribution < -0.4 is 5.32 Å². The Morgan fingerprint density at radius 3 is 2.94 bits per heavy atom. The summed E-state index contributed by atoms with van der Waals surface area (Å²) in [6, 6.07) is 1.96. The molecule has 1 rings (SSSR count). The standard InChI is InChI=1S/C12H16Br2N2O2/c1-2-18-12(17)4-3-5-15-8-11-10(14)6-9(13)7-16-11/h6-7,15H,2-5,8H2,1H3. The number of nitrogens with one attached hydrogen (secondary N) is 1. The van der Waals surface area contributed by atoms with Gasteiger partial charge in [-0.3, -0.25) is 9.78 Å². The lowest BCUT2D eigenvalue weighted by Gasteiger charge is -2.06. The second-order valence-corrected chi connectivity index (χ2v) is 5.44. The van der Waals surface area contributed by atoms with Gasteiger partial charge >= 0.3 is 5.97 Å². The van der Waals surface area contributed by atoms with Crippen molar-refractivity contribution in [2.45, 2.75) is 26.3 Å². The number of pyridine rings is 1. The highest BCUT2D eigenvalue weighted by Crippen LogP contribution is 2.19. The Morgan fingerprint density at radius 1 is 1.50 bits per heavy atom. The molecule has 0 atom stereocenters. The number of hydrogen-bond acceptors (Lipinski definition) is 4. The van der Waals surface area contributed by atoms with Gasteiger partial charge in [-0.05, 0) is 57.8 Å². The summed E-state index contributed by atoms with van der Waals surface area (Å²) in [6.45, 7) is 3.70. The normalized spacial score (nSPS) is 10.4. The van der Waals surface area contributed by atoms with Crippen LogP contribution in [0.3, 0.4) is 0 Å². The Kier molecular flexibility index (Phi) is 7.46. The van der Waals surface area contributed by atoms with Crippen molar-refractivity contribution in [3.8, 4) is 0 Å². The molecule has 0 aliphatic heterocycles. The van der Waals surface area contributed by atoms with E-state index in [0.717, 1.165) is 27.6 Å². The first-order valence-corrected chi connectivity index (χ1v) is 7.38. The van der Waals surface area contributed by atoms with Crippen LogP contribution in [-0.4, -0.2) is 24.1 Å². The van der Waals surface area contributed by atoms with Gasteiger partial charge in [-0.2, -0.15) is 0 Å². The van der Waals surface area contributed by atoms with Gasteiger partial charge < -0.3 is 10.1 Å². The topological polar surface area (TPSA) is 51.2 Å². The van der Waals surface area contributed by atoms with Crippen molar-refractivity contribution < 1.29 is 9.53 Å². The van der Waals surface area contributed by atoms with E-state index in [9.17, 15) is 4.79 Å². The zero-order valence-corrected chi connectivity index (χ0v) is 13.4. The molecule has 0 amide bonds. The molecule has 18 heavy (non-hydrogen) atoms. The molecule has 0 fully saturated rings. The fraction of sp³-hybridized carbons (Fsp3) is 0.500. The molecule has 100 valence electrons. The average molecular weight is 380 g/mol. The first-order valence-electron chi connectivity index (χ1n) is 5.79. The van der Waals surface area contributed by atoms with Gasteiger partial charge in [0.1, 0.15) is 0 Å². The molecule has 1 heterocycles. The van der Waals surface area contributed by atoms with Crippen LogP contribution in [0.4, 0.5) is 0 Å². The maximum absolute atomic E-state index is 11.1. The fourth-order valence-corrected chi connectivity index (χ4v) is 2.50. The third kappa shape index (κ3) is 5.93. The molecular formula is C12H16Br2N2O2. The number of carbonyl (C=O) groups excluding carboxylic acids is 1. The summed E-state index contributed by atoms with van der Waals surface area (Å²) in [7, 11) is 0. The van der Waals surface area contributed by atoms with E-state index in [1.165, 1.54) is 0 Å². The fourth-order valence-electron chi connectivity index (χ4n) is 1.37. The highest BCUT2D eigenvalue weighted by molar-refractivity contribution is 9.11. The lowest BCUT2D eigenvalue weighted by molar-refractivity contribution is -0.143. The molecule has 0 saturated heterocycles. The Morgan fingerprint density at radius 2 is 2.28 bits per heavy atom. The lowest BCUT2D eigenvalue weighted by atomic mass is 10.3. The molecule has 1 N–H and O–H groups in total. The summed E-state index contributed by atoms with van der Waals surface area (Å²) >= 11 is 6.81. The molecule has 0 unspecified atom stereocenters. The SMILES string of the molecule is CCOC(=O)CCCNCc1ncc(Br)cc1Br. The van der Waals surface area contributed by atoms with Crippen molar-refractivity contribution in [2.75, 3.05) is 13.2 Å². The molecule has 0 spiro atoms. The van der Waals surface area contributed by atoms with E-state index >= 15 is 0 Å². The maximum atomic E-state index is 11.1. The predicted octanol–water partition coefficient (Wildman–Crippen LogP) is 3.04. The summed E-state index contributed by atoms with van der Waals surface area (Å²) < 4.78 is 6.76. The van der Waals surface area contributed by atoms with E-state index in [2.05, 4.69) is 42.2 Å². The van der Waals surface area contributed by atoms with Gasteiger partial charge in [0.15, 0.2) is 0 Å². The van der Waals surface area contributed by atoms with Gasteiger partial charge in [-0.1, -0.05) is 0 Å². The Balaban J connectivity index is 2.20. The number of hydrogen-bond donors (Lipinski definition) is 1. The van der Waals surface area contributed by atoms with Gasteiger partial charge in [-0.15, -0.1) is 0 Å². The lowest BCUT2D eigenvalue weighted by Crippen LogP contribution is -2.17. The molecule has 6 heteroatoms. The minimum absolute atomic E-state index is 0.137. The number of esters is 1. The van der Waals surface area contributed by atoms with Crippen molar-refractivity contribution in [3.05, 3.63) is 26.9 Å². The maximum Gasteiger partial charge on any atom is 0.305 e. The van der Waals surface area contributed by atoms with Gasteiger partial charge in [-0.25, -0.2) is 0 Å². The first kappa shape index (κ1) is 15.6. The predicted molar refractivity (Wildman–Crippen MR) is 77.2 cm³/mol. The summed E-state index contributed by atoms with van der Waals surface area (Å²) in [5.74, 6) is -0.137. The molecule has 0 aromatic carbocycles. The van der Waals surface area contributed by atoms with Crippen molar-refractivity contribution in [2.24, 2.45) is 0 Å². The second kappa shape index (κ2) is 8.61. The molecule has 0 radical (unpaired) electrons. The van der Waals surface area contributed by atoms with E-state index in [-0.39, 0.29) is 5.97 Å². The summed E-state index contributed by atoms with van der Waals surface area (Å²) in [6.07, 6.45) is 2.99. The molecular weight excluding hydrogens is 364 g/mol. The molecule has 1 aromatic rings. The highest BCUT2D eigenvalue weighted by Gasteiger charge is 2.03. The number of halogens is 2. The van der Waals surface area contributed by atoms with E-state index in [4.69, 9.17) is 4.74 Å². The number of rotatable bonds is 7. The van der Waals surface area contributed by atoms with E-state index < -0.39 is 0 Å². The van der Waals surface area contributed by atoms with E-state index in [0.29, 0.717) is 19.6 Å². The number of carbonyl (C=O) groups is 1. The van der Waals surface area contributed by atoms with Crippen LogP contribution in [0.1, 0.15) is 25.5 Å². The molecule has 4 nitrogen and oxygen atoms in total. The molecule has 0 saturated carbocycles.